The topological polar surface area (TPSA) is 85.2 Å². The summed E-state index contributed by atoms with van der Waals surface area (Å²) in [5, 5.41) is 0.878. The van der Waals surface area contributed by atoms with Crippen molar-refractivity contribution in [2.24, 2.45) is 5.73 Å². The fourth-order valence-corrected chi connectivity index (χ4v) is 3.55. The average Bonchev–Trinajstić information content (AvgIpc) is 2.78. The molecule has 1 amide bonds. The number of carbonyl (C=O) groups is 1. The van der Waals surface area contributed by atoms with Gasteiger partial charge in [-0.05, 0) is 25.3 Å². The Bertz CT molecular complexity index is 631. The quantitative estimate of drug-likeness (QED) is 0.878. The lowest BCUT2D eigenvalue weighted by atomic mass is 10.1. The van der Waals surface area contributed by atoms with E-state index in [1.165, 1.54) is 30.6 Å². The van der Waals surface area contributed by atoms with Crippen molar-refractivity contribution < 1.29 is 4.79 Å². The summed E-state index contributed by atoms with van der Waals surface area (Å²) < 4.78 is 0. The molecule has 0 radical (unpaired) electrons. The first-order chi connectivity index (χ1) is 9.18. The molecule has 0 saturated carbocycles. The van der Waals surface area contributed by atoms with Crippen molar-refractivity contribution in [3.8, 4) is 0 Å². The highest BCUT2D eigenvalue weighted by Crippen LogP contribution is 2.38. The highest BCUT2D eigenvalue weighted by atomic mass is 32.1. The first-order valence-electron chi connectivity index (χ1n) is 6.40. The number of hydrogen-bond donors (Lipinski definition) is 2. The summed E-state index contributed by atoms with van der Waals surface area (Å²) in [7, 11) is 0. The molecule has 6 heteroatoms. The zero-order chi connectivity index (χ0) is 13.4. The third-order valence-electron chi connectivity index (χ3n) is 3.53. The number of rotatable bonds is 2. The Kier molecular flexibility index (Phi) is 3.02. The number of nitrogen functional groups attached to an aromatic ring is 1. The number of thiophene rings is 1. The smallest absolute Gasteiger partial charge is 0.260 e. The van der Waals surface area contributed by atoms with Crippen molar-refractivity contribution in [3.63, 3.8) is 0 Å². The van der Waals surface area contributed by atoms with Gasteiger partial charge in [0.2, 0.25) is 0 Å². The van der Waals surface area contributed by atoms with Crippen LogP contribution in [0.5, 0.6) is 0 Å². The minimum atomic E-state index is -0.481. The highest BCUT2D eigenvalue weighted by Gasteiger charge is 2.21. The van der Waals surface area contributed by atoms with E-state index in [4.69, 9.17) is 11.5 Å². The zero-order valence-electron chi connectivity index (χ0n) is 10.6. The van der Waals surface area contributed by atoms with Crippen LogP contribution in [0.1, 0.15) is 28.9 Å². The molecule has 0 unspecified atom stereocenters. The molecule has 3 heterocycles. The molecule has 2 aromatic heterocycles. The number of piperidine rings is 1. The van der Waals surface area contributed by atoms with Crippen LogP contribution >= 0.6 is 11.3 Å². The number of amides is 1. The van der Waals surface area contributed by atoms with E-state index in [2.05, 4.69) is 9.88 Å². The largest absolute Gasteiger partial charge is 0.397 e. The minimum absolute atomic E-state index is 0.409. The first kappa shape index (κ1) is 12.2. The molecule has 0 bridgehead atoms. The Morgan fingerprint density at radius 1 is 1.32 bits per heavy atom. The monoisotopic (exact) mass is 276 g/mol. The highest BCUT2D eigenvalue weighted by molar-refractivity contribution is 7.21. The minimum Gasteiger partial charge on any atom is -0.397 e. The van der Waals surface area contributed by atoms with E-state index in [1.54, 1.807) is 6.20 Å². The molecule has 5 nitrogen and oxygen atoms in total. The third-order valence-corrected chi connectivity index (χ3v) is 4.66. The van der Waals surface area contributed by atoms with E-state index < -0.39 is 5.91 Å². The van der Waals surface area contributed by atoms with Crippen molar-refractivity contribution in [2.45, 2.75) is 19.3 Å². The van der Waals surface area contributed by atoms with E-state index in [9.17, 15) is 4.79 Å². The van der Waals surface area contributed by atoms with Crippen LogP contribution in [0.3, 0.4) is 0 Å². The Labute approximate surface area is 115 Å². The van der Waals surface area contributed by atoms with Gasteiger partial charge in [0.05, 0.1) is 16.8 Å². The fraction of sp³-hybridized carbons (Fsp3) is 0.385. The second-order valence-corrected chi connectivity index (χ2v) is 5.77. The lowest BCUT2D eigenvalue weighted by molar-refractivity contribution is 0.100. The predicted molar refractivity (Wildman–Crippen MR) is 78.6 cm³/mol. The van der Waals surface area contributed by atoms with Crippen LogP contribution in [0.15, 0.2) is 12.3 Å². The molecule has 19 heavy (non-hydrogen) atoms. The van der Waals surface area contributed by atoms with Gasteiger partial charge in [0, 0.05) is 19.3 Å². The average molecular weight is 276 g/mol. The fourth-order valence-electron chi connectivity index (χ4n) is 2.61. The number of nitrogens with two attached hydrogens (primary N) is 2. The summed E-state index contributed by atoms with van der Waals surface area (Å²) in [6, 6.07) is 1.97. The first-order valence-corrected chi connectivity index (χ1v) is 7.22. The van der Waals surface area contributed by atoms with Crippen LogP contribution in [0.2, 0.25) is 0 Å². The number of pyridine rings is 1. The number of aromatic nitrogens is 1. The molecule has 2 aromatic rings. The van der Waals surface area contributed by atoms with Crippen LogP contribution in [0.25, 0.3) is 10.2 Å². The van der Waals surface area contributed by atoms with E-state index in [-0.39, 0.29) is 0 Å². The van der Waals surface area contributed by atoms with Crippen LogP contribution in [-0.4, -0.2) is 24.0 Å². The molecular formula is C13H16N4OS. The number of anilines is 2. The van der Waals surface area contributed by atoms with Crippen molar-refractivity contribution in [1.29, 1.82) is 0 Å². The van der Waals surface area contributed by atoms with Crippen molar-refractivity contribution in [3.05, 3.63) is 17.1 Å². The van der Waals surface area contributed by atoms with Gasteiger partial charge in [0.25, 0.3) is 5.91 Å². The van der Waals surface area contributed by atoms with Gasteiger partial charge in [0.15, 0.2) is 0 Å². The van der Waals surface area contributed by atoms with Gasteiger partial charge < -0.3 is 16.4 Å². The molecule has 0 atom stereocenters. The molecule has 0 spiro atoms. The molecule has 3 rings (SSSR count). The van der Waals surface area contributed by atoms with Crippen LogP contribution < -0.4 is 16.4 Å². The van der Waals surface area contributed by atoms with E-state index >= 15 is 0 Å². The summed E-state index contributed by atoms with van der Waals surface area (Å²) >= 11 is 1.27. The third kappa shape index (κ3) is 2.02. The Morgan fingerprint density at radius 2 is 2.05 bits per heavy atom. The van der Waals surface area contributed by atoms with Crippen LogP contribution in [-0.2, 0) is 0 Å². The molecule has 1 aliphatic heterocycles. The van der Waals surface area contributed by atoms with Gasteiger partial charge in [-0.15, -0.1) is 11.3 Å². The van der Waals surface area contributed by atoms with Gasteiger partial charge in [-0.2, -0.15) is 0 Å². The molecule has 0 aromatic carbocycles. The van der Waals surface area contributed by atoms with Crippen LogP contribution in [0.4, 0.5) is 11.4 Å². The summed E-state index contributed by atoms with van der Waals surface area (Å²) in [4.78, 5) is 19.2. The summed E-state index contributed by atoms with van der Waals surface area (Å²) in [5.74, 6) is -0.481. The molecular weight excluding hydrogens is 260 g/mol. The molecule has 1 saturated heterocycles. The number of hydrogen-bond acceptors (Lipinski definition) is 5. The second kappa shape index (κ2) is 4.70. The Balaban J connectivity index is 2.16. The van der Waals surface area contributed by atoms with Gasteiger partial charge in [-0.25, -0.2) is 4.98 Å². The predicted octanol–water partition coefficient (Wildman–Crippen LogP) is 1.97. The van der Waals surface area contributed by atoms with Crippen molar-refractivity contribution in [1.82, 2.24) is 4.98 Å². The standard InChI is InChI=1S/C13H16N4OS/c14-10-9-8(17-6-2-1-3-7-17)4-5-16-13(9)19-11(10)12(15)18/h4-5H,1-3,6-7,14H2,(H2,15,18). The van der Waals surface area contributed by atoms with Gasteiger partial charge in [-0.3, -0.25) is 4.79 Å². The van der Waals surface area contributed by atoms with Crippen LogP contribution in [0, 0.1) is 0 Å². The van der Waals surface area contributed by atoms with E-state index in [1.807, 2.05) is 6.07 Å². The number of nitrogens with zero attached hydrogens (tertiary/aromatic N) is 2. The molecule has 0 aliphatic carbocycles. The lowest BCUT2D eigenvalue weighted by Gasteiger charge is -2.29. The maximum atomic E-state index is 11.4. The molecule has 100 valence electrons. The maximum absolute atomic E-state index is 11.4. The van der Waals surface area contributed by atoms with Gasteiger partial charge in [-0.1, -0.05) is 0 Å². The Morgan fingerprint density at radius 3 is 2.74 bits per heavy atom. The summed E-state index contributed by atoms with van der Waals surface area (Å²) in [5.41, 5.74) is 13.0. The summed E-state index contributed by atoms with van der Waals surface area (Å²) in [6.07, 6.45) is 5.43. The number of primary amides is 1. The second-order valence-electron chi connectivity index (χ2n) is 4.77. The van der Waals surface area contributed by atoms with E-state index in [0.717, 1.165) is 29.0 Å². The van der Waals surface area contributed by atoms with Crippen molar-refractivity contribution >= 4 is 38.8 Å². The maximum Gasteiger partial charge on any atom is 0.260 e. The zero-order valence-corrected chi connectivity index (χ0v) is 11.4. The Hall–Kier alpha value is -1.82. The molecule has 1 aliphatic rings. The molecule has 1 fully saturated rings. The normalized spacial score (nSPS) is 15.9. The van der Waals surface area contributed by atoms with Gasteiger partial charge >= 0.3 is 0 Å². The molecule has 4 N–H and O–H groups in total. The van der Waals surface area contributed by atoms with Crippen molar-refractivity contribution in [2.75, 3.05) is 23.7 Å². The number of carbonyl (C=O) groups excluding carboxylic acids is 1. The van der Waals surface area contributed by atoms with Gasteiger partial charge in [0.1, 0.15) is 9.71 Å². The number of fused-ring (bicyclic) bond motifs is 1. The van der Waals surface area contributed by atoms with E-state index in [0.29, 0.717) is 10.6 Å². The summed E-state index contributed by atoms with van der Waals surface area (Å²) in [6.45, 7) is 2.06. The SMILES string of the molecule is NC(=O)c1sc2nccc(N3CCCCC3)c2c1N. The lowest BCUT2D eigenvalue weighted by Crippen LogP contribution is -2.29.